The molecule has 3 atom stereocenters. The van der Waals surface area contributed by atoms with Gasteiger partial charge in [0.05, 0.1) is 33.8 Å². The molecule has 0 aliphatic rings. The fourth-order valence-corrected chi connectivity index (χ4v) is 10.2. The summed E-state index contributed by atoms with van der Waals surface area (Å²) in [4.78, 5) is 40.0. The normalized spacial score (nSPS) is 13.8. The molecule has 0 aromatic heterocycles. The summed E-state index contributed by atoms with van der Waals surface area (Å²) < 4.78 is 30.3. The molecule has 0 aromatic rings. The number of ether oxygens (including phenoxy) is 1. The maximum absolute atomic E-state index is 13.5. The summed E-state index contributed by atoms with van der Waals surface area (Å²) in [5, 5.41) is 3.04. The second-order valence-corrected chi connectivity index (χ2v) is 24.3. The van der Waals surface area contributed by atoms with Gasteiger partial charge in [-0.1, -0.05) is 270 Å². The Balaban J connectivity index is 5.21. The number of phosphoric acid groups is 1. The van der Waals surface area contributed by atoms with E-state index in [0.29, 0.717) is 17.4 Å². The Hall–Kier alpha value is -1.51. The number of esters is 1. The van der Waals surface area contributed by atoms with Gasteiger partial charge in [-0.15, -0.1) is 0 Å². The van der Waals surface area contributed by atoms with Gasteiger partial charge in [0.25, 0.3) is 7.82 Å². The van der Waals surface area contributed by atoms with Gasteiger partial charge >= 0.3 is 5.97 Å². The van der Waals surface area contributed by atoms with Crippen molar-refractivity contribution in [1.29, 1.82) is 0 Å². The van der Waals surface area contributed by atoms with Crippen LogP contribution >= 0.6 is 7.82 Å². The summed E-state index contributed by atoms with van der Waals surface area (Å²) in [5.41, 5.74) is 0. The number of allylic oxidation sites excluding steroid dienone is 3. The highest BCUT2D eigenvalue weighted by molar-refractivity contribution is 7.45. The third kappa shape index (κ3) is 55.1. The molecule has 0 bridgehead atoms. The molecule has 432 valence electrons. The summed E-state index contributed by atoms with van der Waals surface area (Å²) in [6.07, 6.45) is 62.8. The molecule has 1 amide bonds. The van der Waals surface area contributed by atoms with Crippen LogP contribution in [0, 0.1) is 0 Å². The number of likely N-dealkylation sites (N-methyl/N-ethyl adjacent to an activating group) is 1. The molecule has 0 radical (unpaired) electrons. The molecule has 0 spiro atoms. The van der Waals surface area contributed by atoms with Crippen LogP contribution in [0.15, 0.2) is 24.3 Å². The van der Waals surface area contributed by atoms with E-state index in [-0.39, 0.29) is 31.5 Å². The lowest BCUT2D eigenvalue weighted by atomic mass is 10.0. The molecule has 0 heterocycles. The highest BCUT2D eigenvalue weighted by atomic mass is 31.2. The lowest BCUT2D eigenvalue weighted by molar-refractivity contribution is -0.870. The standard InChI is InChI=1S/C63H123N2O7P/c1-7-10-13-16-19-22-25-28-30-32-33-34-36-38-41-44-47-50-53-56-63(67)72-61(54-51-48-45-42-39-27-24-21-18-15-12-9-3)60(59-71-73(68,69)70-58-57-65(4,5)6)64-62(66)55-52-49-46-43-40-37-35-31-29-26-23-20-17-14-11-8-2/h28,30,51,54,60-61H,7-27,29,31-50,52-53,55-59H2,1-6H3,(H-,64,66,68,69)/b30-28+,54-51+. The van der Waals surface area contributed by atoms with Crippen LogP contribution in [0.25, 0.3) is 0 Å². The number of carbonyl (C=O) groups is 2. The first-order chi connectivity index (χ1) is 35.4. The summed E-state index contributed by atoms with van der Waals surface area (Å²) >= 11 is 0. The molecule has 10 heteroatoms. The summed E-state index contributed by atoms with van der Waals surface area (Å²) in [7, 11) is 1.20. The number of unbranched alkanes of at least 4 members (excludes halogenated alkanes) is 40. The van der Waals surface area contributed by atoms with E-state index >= 15 is 0 Å². The molecule has 0 fully saturated rings. The van der Waals surface area contributed by atoms with Crippen LogP contribution in [-0.2, 0) is 27.9 Å². The van der Waals surface area contributed by atoms with Crippen molar-refractivity contribution in [3.63, 3.8) is 0 Å². The average molecular weight is 1050 g/mol. The molecule has 0 saturated heterocycles. The zero-order chi connectivity index (χ0) is 53.6. The number of phosphoric ester groups is 1. The summed E-state index contributed by atoms with van der Waals surface area (Å²) in [6, 6.07) is -0.883. The van der Waals surface area contributed by atoms with E-state index in [0.717, 1.165) is 57.8 Å². The SMILES string of the molecule is CCCCCCCC/C=C/CCCCCCCCCCCC(=O)OC(/C=C/CCCCCCCCCCCC)C(COP(=O)([O-])OCC[N+](C)(C)C)NC(=O)CCCCCCCCCCCCCCCCCC. The van der Waals surface area contributed by atoms with Gasteiger partial charge in [-0.25, -0.2) is 0 Å². The first kappa shape index (κ1) is 71.5. The Morgan fingerprint density at radius 2 is 0.795 bits per heavy atom. The predicted octanol–water partition coefficient (Wildman–Crippen LogP) is 18.7. The number of carbonyl (C=O) groups excluding carboxylic acids is 2. The summed E-state index contributed by atoms with van der Waals surface area (Å²) in [6.45, 7) is 6.88. The van der Waals surface area contributed by atoms with Crippen molar-refractivity contribution in [2.24, 2.45) is 0 Å². The van der Waals surface area contributed by atoms with Gasteiger partial charge in [0.2, 0.25) is 5.91 Å². The zero-order valence-corrected chi connectivity index (χ0v) is 50.3. The minimum Gasteiger partial charge on any atom is -0.756 e. The molecule has 73 heavy (non-hydrogen) atoms. The van der Waals surface area contributed by atoms with Crippen LogP contribution in [0.2, 0.25) is 0 Å². The van der Waals surface area contributed by atoms with E-state index in [1.807, 2.05) is 33.3 Å². The monoisotopic (exact) mass is 1050 g/mol. The molecule has 0 rings (SSSR count). The van der Waals surface area contributed by atoms with Crippen LogP contribution in [0.4, 0.5) is 0 Å². The molecule has 0 saturated carbocycles. The topological polar surface area (TPSA) is 114 Å². The molecule has 3 unspecified atom stereocenters. The van der Waals surface area contributed by atoms with Crippen LogP contribution in [0.5, 0.6) is 0 Å². The number of nitrogens with zero attached hydrogens (tertiary/aromatic N) is 1. The number of hydrogen-bond donors (Lipinski definition) is 1. The Morgan fingerprint density at radius 1 is 0.466 bits per heavy atom. The van der Waals surface area contributed by atoms with E-state index in [9.17, 15) is 19.0 Å². The quantitative estimate of drug-likeness (QED) is 0.0212. The van der Waals surface area contributed by atoms with Crippen molar-refractivity contribution in [3.05, 3.63) is 24.3 Å². The smallest absolute Gasteiger partial charge is 0.306 e. The van der Waals surface area contributed by atoms with Gasteiger partial charge in [0, 0.05) is 12.8 Å². The van der Waals surface area contributed by atoms with E-state index < -0.39 is 20.0 Å². The highest BCUT2D eigenvalue weighted by Gasteiger charge is 2.27. The largest absolute Gasteiger partial charge is 0.756 e. The molecule has 0 aliphatic carbocycles. The van der Waals surface area contributed by atoms with Crippen LogP contribution in [0.1, 0.15) is 316 Å². The van der Waals surface area contributed by atoms with Gasteiger partial charge in [0.15, 0.2) is 0 Å². The van der Waals surface area contributed by atoms with Crippen molar-refractivity contribution in [2.75, 3.05) is 40.9 Å². The Bertz CT molecular complexity index is 1300. The van der Waals surface area contributed by atoms with Gasteiger partial charge in [-0.2, -0.15) is 0 Å². The minimum atomic E-state index is -4.69. The second kappa shape index (κ2) is 53.9. The summed E-state index contributed by atoms with van der Waals surface area (Å²) in [5.74, 6) is -0.526. The Labute approximate surface area is 454 Å². The number of nitrogens with one attached hydrogen (secondary N) is 1. The number of amides is 1. The van der Waals surface area contributed by atoms with Gasteiger partial charge in [-0.05, 0) is 57.4 Å². The number of hydrogen-bond acceptors (Lipinski definition) is 7. The van der Waals surface area contributed by atoms with Crippen LogP contribution in [-0.4, -0.2) is 69.4 Å². The number of quaternary nitrogens is 1. The molecule has 1 N–H and O–H groups in total. The Kier molecular flexibility index (Phi) is 52.8. The second-order valence-electron chi connectivity index (χ2n) is 22.9. The fraction of sp³-hybridized carbons (Fsp3) is 0.905. The van der Waals surface area contributed by atoms with Crippen molar-refractivity contribution in [2.45, 2.75) is 328 Å². The lowest BCUT2D eigenvalue weighted by Gasteiger charge is -2.30. The first-order valence-electron chi connectivity index (χ1n) is 31.6. The first-order valence-corrected chi connectivity index (χ1v) is 33.1. The van der Waals surface area contributed by atoms with Gasteiger partial charge in [0.1, 0.15) is 19.3 Å². The van der Waals surface area contributed by atoms with Crippen LogP contribution < -0.4 is 10.2 Å². The van der Waals surface area contributed by atoms with Crippen molar-refractivity contribution in [3.8, 4) is 0 Å². The third-order valence-corrected chi connectivity index (χ3v) is 15.3. The van der Waals surface area contributed by atoms with E-state index in [1.54, 1.807) is 0 Å². The number of rotatable bonds is 58. The van der Waals surface area contributed by atoms with Gasteiger partial charge in [-0.3, -0.25) is 14.2 Å². The van der Waals surface area contributed by atoms with E-state index in [1.165, 1.54) is 225 Å². The molecule has 0 aromatic carbocycles. The van der Waals surface area contributed by atoms with Crippen molar-refractivity contribution >= 4 is 19.7 Å². The fourth-order valence-electron chi connectivity index (χ4n) is 9.46. The molecule has 9 nitrogen and oxygen atoms in total. The maximum atomic E-state index is 13.5. The molecular formula is C63H123N2O7P. The highest BCUT2D eigenvalue weighted by Crippen LogP contribution is 2.38. The lowest BCUT2D eigenvalue weighted by Crippen LogP contribution is -2.47. The zero-order valence-electron chi connectivity index (χ0n) is 49.4. The molecule has 0 aliphatic heterocycles. The molecular weight excluding hydrogens is 928 g/mol. The van der Waals surface area contributed by atoms with E-state index in [4.69, 9.17) is 13.8 Å². The maximum Gasteiger partial charge on any atom is 0.306 e. The van der Waals surface area contributed by atoms with Crippen molar-refractivity contribution in [1.82, 2.24) is 5.32 Å². The average Bonchev–Trinajstić information content (AvgIpc) is 3.35. The van der Waals surface area contributed by atoms with Crippen LogP contribution in [0.3, 0.4) is 0 Å². The van der Waals surface area contributed by atoms with Crippen molar-refractivity contribution < 1.29 is 37.3 Å². The van der Waals surface area contributed by atoms with E-state index in [2.05, 4.69) is 38.2 Å². The predicted molar refractivity (Wildman–Crippen MR) is 312 cm³/mol. The minimum absolute atomic E-state index is 0.0189. The van der Waals surface area contributed by atoms with Gasteiger partial charge < -0.3 is 28.5 Å². The third-order valence-electron chi connectivity index (χ3n) is 14.4. The Morgan fingerprint density at radius 3 is 1.16 bits per heavy atom.